The molecule has 0 fully saturated rings. The van der Waals surface area contributed by atoms with Gasteiger partial charge in [-0.2, -0.15) is 0 Å². The lowest BCUT2D eigenvalue weighted by atomic mass is 9.88. The predicted octanol–water partition coefficient (Wildman–Crippen LogP) is 4.87. The van der Waals surface area contributed by atoms with Gasteiger partial charge in [0.25, 0.3) is 0 Å². The Labute approximate surface area is 99.0 Å². The van der Waals surface area contributed by atoms with Gasteiger partial charge in [0.2, 0.25) is 0 Å². The topological polar surface area (TPSA) is 0 Å². The van der Waals surface area contributed by atoms with Gasteiger partial charge in [-0.3, -0.25) is 0 Å². The van der Waals surface area contributed by atoms with Crippen LogP contribution in [0.2, 0.25) is 0 Å². The average molecular weight is 212 g/mol. The standard InChI is InChI=1S/C16H20/c1-4-7-11-14(5-2)16(6-3)15-12-9-8-10-13-15/h4-5,7-13,16H,2,6H2,1,3H3/b7-4-,14-11+. The van der Waals surface area contributed by atoms with E-state index in [1.807, 2.05) is 19.1 Å². The van der Waals surface area contributed by atoms with E-state index in [1.165, 1.54) is 11.1 Å². The maximum absolute atomic E-state index is 3.91. The molecule has 0 nitrogen and oxygen atoms in total. The van der Waals surface area contributed by atoms with Crippen molar-refractivity contribution in [2.45, 2.75) is 26.2 Å². The molecule has 1 unspecified atom stereocenters. The van der Waals surface area contributed by atoms with Crippen molar-refractivity contribution in [2.75, 3.05) is 0 Å². The molecular weight excluding hydrogens is 192 g/mol. The van der Waals surface area contributed by atoms with Crippen molar-refractivity contribution in [3.63, 3.8) is 0 Å². The molecule has 0 aliphatic carbocycles. The first-order chi connectivity index (χ1) is 7.83. The van der Waals surface area contributed by atoms with Crippen LogP contribution in [0.25, 0.3) is 0 Å². The third kappa shape index (κ3) is 3.23. The molecule has 0 amide bonds. The smallest absolute Gasteiger partial charge is 0.00865 e. The van der Waals surface area contributed by atoms with E-state index < -0.39 is 0 Å². The zero-order valence-electron chi connectivity index (χ0n) is 10.2. The minimum atomic E-state index is 0.454. The first-order valence-electron chi connectivity index (χ1n) is 5.83. The summed E-state index contributed by atoms with van der Waals surface area (Å²) < 4.78 is 0. The van der Waals surface area contributed by atoms with Gasteiger partial charge in [0.1, 0.15) is 0 Å². The molecule has 0 aromatic heterocycles. The Balaban J connectivity index is 3.01. The molecular formula is C16H20. The summed E-state index contributed by atoms with van der Waals surface area (Å²) in [6.07, 6.45) is 9.32. The molecule has 16 heavy (non-hydrogen) atoms. The molecule has 1 atom stereocenters. The second-order valence-corrected chi connectivity index (χ2v) is 3.77. The Morgan fingerprint density at radius 1 is 1.31 bits per heavy atom. The van der Waals surface area contributed by atoms with E-state index in [4.69, 9.17) is 0 Å². The fraction of sp³-hybridized carbons (Fsp3) is 0.250. The van der Waals surface area contributed by atoms with Crippen LogP contribution in [-0.4, -0.2) is 0 Å². The summed E-state index contributed by atoms with van der Waals surface area (Å²) in [6, 6.07) is 10.6. The van der Waals surface area contributed by atoms with Gasteiger partial charge in [0, 0.05) is 5.92 Å². The van der Waals surface area contributed by atoms with E-state index in [1.54, 1.807) is 0 Å². The van der Waals surface area contributed by atoms with Crippen LogP contribution in [0.4, 0.5) is 0 Å². The number of rotatable bonds is 5. The second-order valence-electron chi connectivity index (χ2n) is 3.77. The summed E-state index contributed by atoms with van der Waals surface area (Å²) in [6.45, 7) is 8.15. The van der Waals surface area contributed by atoms with Gasteiger partial charge in [-0.15, -0.1) is 0 Å². The second kappa shape index (κ2) is 6.84. The molecule has 0 aliphatic rings. The number of hydrogen-bond donors (Lipinski definition) is 0. The Hall–Kier alpha value is -1.56. The van der Waals surface area contributed by atoms with Crippen LogP contribution in [0.1, 0.15) is 31.7 Å². The summed E-state index contributed by atoms with van der Waals surface area (Å²) in [7, 11) is 0. The van der Waals surface area contributed by atoms with E-state index >= 15 is 0 Å². The molecule has 0 heteroatoms. The zero-order chi connectivity index (χ0) is 11.8. The fourth-order valence-electron chi connectivity index (χ4n) is 1.88. The molecule has 1 rings (SSSR count). The monoisotopic (exact) mass is 212 g/mol. The molecule has 1 aromatic carbocycles. The van der Waals surface area contributed by atoms with Crippen molar-refractivity contribution in [1.82, 2.24) is 0 Å². The van der Waals surface area contributed by atoms with Gasteiger partial charge in [0.05, 0.1) is 0 Å². The maximum atomic E-state index is 3.91. The zero-order valence-corrected chi connectivity index (χ0v) is 10.2. The van der Waals surface area contributed by atoms with Crippen LogP contribution < -0.4 is 0 Å². The van der Waals surface area contributed by atoms with E-state index in [0.717, 1.165) is 6.42 Å². The predicted molar refractivity (Wildman–Crippen MR) is 72.6 cm³/mol. The van der Waals surface area contributed by atoms with Crippen molar-refractivity contribution < 1.29 is 0 Å². The minimum absolute atomic E-state index is 0.454. The largest absolute Gasteiger partial charge is 0.0988 e. The number of benzene rings is 1. The highest BCUT2D eigenvalue weighted by atomic mass is 14.1. The minimum Gasteiger partial charge on any atom is -0.0988 e. The van der Waals surface area contributed by atoms with Crippen LogP contribution in [0.15, 0.2) is 66.8 Å². The van der Waals surface area contributed by atoms with Gasteiger partial charge in [0.15, 0.2) is 0 Å². The normalized spacial score (nSPS) is 14.0. The molecule has 0 heterocycles. The van der Waals surface area contributed by atoms with Crippen LogP contribution in [0, 0.1) is 0 Å². The Bertz CT molecular complexity index is 368. The van der Waals surface area contributed by atoms with Crippen molar-refractivity contribution in [1.29, 1.82) is 0 Å². The van der Waals surface area contributed by atoms with Crippen molar-refractivity contribution in [3.05, 3.63) is 72.4 Å². The first kappa shape index (κ1) is 12.5. The summed E-state index contributed by atoms with van der Waals surface area (Å²) in [4.78, 5) is 0. The van der Waals surface area contributed by atoms with E-state index in [2.05, 4.69) is 56.0 Å². The van der Waals surface area contributed by atoms with Crippen LogP contribution >= 0.6 is 0 Å². The summed E-state index contributed by atoms with van der Waals surface area (Å²) in [5, 5.41) is 0. The molecule has 0 saturated heterocycles. The maximum Gasteiger partial charge on any atom is 0.00865 e. The summed E-state index contributed by atoms with van der Waals surface area (Å²) in [5.41, 5.74) is 2.65. The van der Waals surface area contributed by atoms with Gasteiger partial charge >= 0.3 is 0 Å². The van der Waals surface area contributed by atoms with Crippen molar-refractivity contribution in [2.24, 2.45) is 0 Å². The van der Waals surface area contributed by atoms with Crippen molar-refractivity contribution in [3.8, 4) is 0 Å². The van der Waals surface area contributed by atoms with E-state index in [0.29, 0.717) is 5.92 Å². The van der Waals surface area contributed by atoms with Crippen molar-refractivity contribution >= 4 is 0 Å². The molecule has 0 saturated carbocycles. The number of hydrogen-bond acceptors (Lipinski definition) is 0. The van der Waals surface area contributed by atoms with Crippen LogP contribution in [0.5, 0.6) is 0 Å². The van der Waals surface area contributed by atoms with E-state index in [9.17, 15) is 0 Å². The van der Waals surface area contributed by atoms with Gasteiger partial charge in [-0.1, -0.05) is 68.1 Å². The SMILES string of the molecule is C=C/C(=C\C=C/C)C(CC)c1ccccc1. The Morgan fingerprint density at radius 2 is 2.00 bits per heavy atom. The summed E-state index contributed by atoms with van der Waals surface area (Å²) in [5.74, 6) is 0.454. The van der Waals surface area contributed by atoms with Crippen LogP contribution in [0.3, 0.4) is 0 Å². The third-order valence-electron chi connectivity index (χ3n) is 2.73. The Kier molecular flexibility index (Phi) is 5.35. The molecule has 0 aliphatic heterocycles. The lowest BCUT2D eigenvalue weighted by Gasteiger charge is -2.16. The molecule has 0 bridgehead atoms. The molecule has 0 radical (unpaired) electrons. The third-order valence-corrected chi connectivity index (χ3v) is 2.73. The highest BCUT2D eigenvalue weighted by molar-refractivity contribution is 5.36. The number of allylic oxidation sites excluding steroid dienone is 5. The Morgan fingerprint density at radius 3 is 2.50 bits per heavy atom. The molecule has 1 aromatic rings. The van der Waals surface area contributed by atoms with Gasteiger partial charge in [-0.25, -0.2) is 0 Å². The van der Waals surface area contributed by atoms with E-state index in [-0.39, 0.29) is 0 Å². The molecule has 0 N–H and O–H groups in total. The lowest BCUT2D eigenvalue weighted by Crippen LogP contribution is -1.99. The highest BCUT2D eigenvalue weighted by Crippen LogP contribution is 2.28. The fourth-order valence-corrected chi connectivity index (χ4v) is 1.88. The average Bonchev–Trinajstić information content (AvgIpc) is 2.35. The van der Waals surface area contributed by atoms with Gasteiger partial charge in [-0.05, 0) is 24.5 Å². The quantitative estimate of drug-likeness (QED) is 0.611. The van der Waals surface area contributed by atoms with Crippen LogP contribution in [-0.2, 0) is 0 Å². The molecule has 84 valence electrons. The molecule has 0 spiro atoms. The summed E-state index contributed by atoms with van der Waals surface area (Å²) >= 11 is 0. The lowest BCUT2D eigenvalue weighted by molar-refractivity contribution is 0.776. The van der Waals surface area contributed by atoms with Gasteiger partial charge < -0.3 is 0 Å². The highest BCUT2D eigenvalue weighted by Gasteiger charge is 2.10. The first-order valence-corrected chi connectivity index (χ1v) is 5.83.